The number of halogens is 1. The third kappa shape index (κ3) is 3.38. The molecule has 3 rings (SSSR count). The fraction of sp³-hybridized carbons (Fsp3) is 0.125. The fourth-order valence-electron chi connectivity index (χ4n) is 2.40. The summed E-state index contributed by atoms with van der Waals surface area (Å²) in [5.74, 6) is 0.378. The molecule has 0 saturated heterocycles. The van der Waals surface area contributed by atoms with Gasteiger partial charge >= 0.3 is 0 Å². The van der Waals surface area contributed by atoms with Gasteiger partial charge in [0.15, 0.2) is 5.11 Å². The normalized spacial score (nSPS) is 17.5. The van der Waals surface area contributed by atoms with E-state index in [2.05, 4.69) is 16.0 Å². The lowest BCUT2D eigenvalue weighted by Crippen LogP contribution is -2.45. The largest absolute Gasteiger partial charge is 0.467 e. The SMILES string of the molecule is CC1=C(C(=O)Nc2ccc(Cl)cc2)C(c2ccco2)NC(=S)N1. The molecular weight excluding hydrogens is 334 g/mol. The van der Waals surface area contributed by atoms with Crippen LogP contribution in [0.15, 0.2) is 58.3 Å². The molecular formula is C16H14ClN3O2S. The molecule has 118 valence electrons. The van der Waals surface area contributed by atoms with E-state index in [1.807, 2.05) is 0 Å². The Labute approximate surface area is 143 Å². The van der Waals surface area contributed by atoms with Gasteiger partial charge in [0, 0.05) is 16.4 Å². The Morgan fingerprint density at radius 1 is 1.30 bits per heavy atom. The zero-order valence-corrected chi connectivity index (χ0v) is 13.8. The first-order valence-electron chi connectivity index (χ1n) is 6.93. The molecule has 0 aliphatic carbocycles. The van der Waals surface area contributed by atoms with Crippen molar-refractivity contribution in [2.75, 3.05) is 5.32 Å². The van der Waals surface area contributed by atoms with Crippen LogP contribution in [0, 0.1) is 0 Å². The number of thiocarbonyl (C=S) groups is 1. The molecule has 1 aliphatic rings. The first kappa shape index (κ1) is 15.6. The van der Waals surface area contributed by atoms with Gasteiger partial charge in [-0.15, -0.1) is 0 Å². The summed E-state index contributed by atoms with van der Waals surface area (Å²) in [4.78, 5) is 12.7. The van der Waals surface area contributed by atoms with Crippen molar-refractivity contribution in [3.8, 4) is 0 Å². The van der Waals surface area contributed by atoms with Gasteiger partial charge in [0.2, 0.25) is 0 Å². The van der Waals surface area contributed by atoms with E-state index < -0.39 is 6.04 Å². The fourth-order valence-corrected chi connectivity index (χ4v) is 2.79. The molecule has 1 aromatic heterocycles. The van der Waals surface area contributed by atoms with Crippen molar-refractivity contribution in [1.82, 2.24) is 10.6 Å². The van der Waals surface area contributed by atoms with E-state index in [4.69, 9.17) is 28.2 Å². The predicted molar refractivity (Wildman–Crippen MR) is 93.1 cm³/mol. The minimum absolute atomic E-state index is 0.242. The third-order valence-electron chi connectivity index (χ3n) is 3.44. The first-order chi connectivity index (χ1) is 11.0. The van der Waals surface area contributed by atoms with Gasteiger partial charge in [0.05, 0.1) is 11.8 Å². The molecule has 1 aliphatic heterocycles. The molecule has 2 aromatic rings. The smallest absolute Gasteiger partial charge is 0.255 e. The molecule has 1 aromatic carbocycles. The lowest BCUT2D eigenvalue weighted by molar-refractivity contribution is -0.113. The Hall–Kier alpha value is -2.31. The van der Waals surface area contributed by atoms with Crippen molar-refractivity contribution < 1.29 is 9.21 Å². The van der Waals surface area contributed by atoms with Crippen LogP contribution in [0.1, 0.15) is 18.7 Å². The van der Waals surface area contributed by atoms with Crippen LogP contribution in [-0.4, -0.2) is 11.0 Å². The molecule has 23 heavy (non-hydrogen) atoms. The molecule has 0 saturated carbocycles. The van der Waals surface area contributed by atoms with Crippen molar-refractivity contribution in [2.45, 2.75) is 13.0 Å². The van der Waals surface area contributed by atoms with E-state index in [0.717, 1.165) is 0 Å². The van der Waals surface area contributed by atoms with E-state index in [0.29, 0.717) is 32.9 Å². The van der Waals surface area contributed by atoms with E-state index >= 15 is 0 Å². The minimum atomic E-state index is -0.439. The van der Waals surface area contributed by atoms with Gasteiger partial charge in [-0.05, 0) is 55.5 Å². The monoisotopic (exact) mass is 347 g/mol. The second-order valence-corrected chi connectivity index (χ2v) is 5.89. The molecule has 7 heteroatoms. The maximum Gasteiger partial charge on any atom is 0.255 e. The number of allylic oxidation sites excluding steroid dienone is 1. The Bertz CT molecular complexity index is 769. The summed E-state index contributed by atoms with van der Waals surface area (Å²) in [7, 11) is 0. The second kappa shape index (κ2) is 6.44. The topological polar surface area (TPSA) is 66.3 Å². The van der Waals surface area contributed by atoms with E-state index in [1.54, 1.807) is 49.6 Å². The summed E-state index contributed by atoms with van der Waals surface area (Å²) in [6.07, 6.45) is 1.56. The number of rotatable bonds is 3. The molecule has 3 N–H and O–H groups in total. The van der Waals surface area contributed by atoms with Crippen molar-refractivity contribution in [1.29, 1.82) is 0 Å². The van der Waals surface area contributed by atoms with Gasteiger partial charge in [-0.1, -0.05) is 11.6 Å². The summed E-state index contributed by atoms with van der Waals surface area (Å²) in [5, 5.41) is 9.95. The molecule has 0 bridgehead atoms. The van der Waals surface area contributed by atoms with Gasteiger partial charge in [-0.3, -0.25) is 4.79 Å². The predicted octanol–water partition coefficient (Wildman–Crippen LogP) is 3.36. The number of benzene rings is 1. The Morgan fingerprint density at radius 2 is 2.04 bits per heavy atom. The van der Waals surface area contributed by atoms with Crippen LogP contribution >= 0.6 is 23.8 Å². The van der Waals surface area contributed by atoms with Crippen molar-refractivity contribution >= 4 is 40.5 Å². The van der Waals surface area contributed by atoms with Crippen LogP contribution < -0.4 is 16.0 Å². The van der Waals surface area contributed by atoms with Crippen LogP contribution in [0.4, 0.5) is 5.69 Å². The van der Waals surface area contributed by atoms with Gasteiger partial charge in [0.25, 0.3) is 5.91 Å². The molecule has 2 heterocycles. The number of carbonyl (C=O) groups excluding carboxylic acids is 1. The van der Waals surface area contributed by atoms with Gasteiger partial charge < -0.3 is 20.4 Å². The maximum absolute atomic E-state index is 12.7. The van der Waals surface area contributed by atoms with Crippen LogP contribution in [0.3, 0.4) is 0 Å². The average Bonchev–Trinajstić information content (AvgIpc) is 3.03. The van der Waals surface area contributed by atoms with E-state index in [-0.39, 0.29) is 5.91 Å². The molecule has 0 radical (unpaired) electrons. The second-order valence-electron chi connectivity index (χ2n) is 5.05. The minimum Gasteiger partial charge on any atom is -0.467 e. The molecule has 0 spiro atoms. The summed E-state index contributed by atoms with van der Waals surface area (Å²) < 4.78 is 5.43. The molecule has 5 nitrogen and oxygen atoms in total. The summed E-state index contributed by atoms with van der Waals surface area (Å²) >= 11 is 11.0. The molecule has 1 atom stereocenters. The Kier molecular flexibility index (Phi) is 4.36. The number of nitrogens with one attached hydrogen (secondary N) is 3. The quantitative estimate of drug-likeness (QED) is 0.743. The molecule has 1 unspecified atom stereocenters. The van der Waals surface area contributed by atoms with E-state index in [9.17, 15) is 4.79 Å². The number of amides is 1. The highest BCUT2D eigenvalue weighted by atomic mass is 35.5. The summed E-state index contributed by atoms with van der Waals surface area (Å²) in [5.41, 5.74) is 1.86. The van der Waals surface area contributed by atoms with Crippen LogP contribution in [0.2, 0.25) is 5.02 Å². The van der Waals surface area contributed by atoms with Gasteiger partial charge in [-0.2, -0.15) is 0 Å². The van der Waals surface area contributed by atoms with Crippen molar-refractivity contribution in [3.63, 3.8) is 0 Å². The lowest BCUT2D eigenvalue weighted by Gasteiger charge is -2.28. The lowest BCUT2D eigenvalue weighted by atomic mass is 10.00. The number of anilines is 1. The van der Waals surface area contributed by atoms with Crippen molar-refractivity contribution in [2.24, 2.45) is 0 Å². The maximum atomic E-state index is 12.7. The summed E-state index contributed by atoms with van der Waals surface area (Å²) in [6.45, 7) is 1.81. The van der Waals surface area contributed by atoms with Crippen LogP contribution in [0.5, 0.6) is 0 Å². The Balaban J connectivity index is 1.90. The van der Waals surface area contributed by atoms with Gasteiger partial charge in [0.1, 0.15) is 11.8 Å². The highest BCUT2D eigenvalue weighted by Gasteiger charge is 2.31. The standard InChI is InChI=1S/C16H14ClN3O2S/c1-9-13(15(21)19-11-6-4-10(17)5-7-11)14(20-16(23)18-9)12-3-2-8-22-12/h2-8,14H,1H3,(H,19,21)(H2,18,20,23). The van der Waals surface area contributed by atoms with Gasteiger partial charge in [-0.25, -0.2) is 0 Å². The zero-order chi connectivity index (χ0) is 16.4. The Morgan fingerprint density at radius 3 is 2.70 bits per heavy atom. The van der Waals surface area contributed by atoms with E-state index in [1.165, 1.54) is 0 Å². The van der Waals surface area contributed by atoms with Crippen molar-refractivity contribution in [3.05, 3.63) is 64.7 Å². The highest BCUT2D eigenvalue weighted by Crippen LogP contribution is 2.28. The number of hydrogen-bond donors (Lipinski definition) is 3. The third-order valence-corrected chi connectivity index (χ3v) is 3.92. The highest BCUT2D eigenvalue weighted by molar-refractivity contribution is 7.80. The number of hydrogen-bond acceptors (Lipinski definition) is 3. The zero-order valence-electron chi connectivity index (χ0n) is 12.2. The van der Waals surface area contributed by atoms with Crippen LogP contribution in [0.25, 0.3) is 0 Å². The molecule has 0 fully saturated rings. The number of carbonyl (C=O) groups is 1. The van der Waals surface area contributed by atoms with Crippen LogP contribution in [-0.2, 0) is 4.79 Å². The summed E-state index contributed by atoms with van der Waals surface area (Å²) in [6, 6.07) is 10.1. The molecule has 1 amide bonds. The number of furan rings is 1. The first-order valence-corrected chi connectivity index (χ1v) is 7.72. The average molecular weight is 348 g/mol.